The lowest BCUT2D eigenvalue weighted by atomic mass is 9.85. The summed E-state index contributed by atoms with van der Waals surface area (Å²) in [6.45, 7) is 4.16. The number of Topliss-reactive ketones (excluding diaryl/α,β-unsaturated/α-hetero) is 1. The number of ether oxygens (including phenoxy) is 1. The number of nitrogens with zero attached hydrogens (tertiary/aromatic N) is 1. The largest absolute Gasteiger partial charge is 0.497 e. The number of hydrogen-bond donors (Lipinski definition) is 1. The van der Waals surface area contributed by atoms with Gasteiger partial charge in [-0.2, -0.15) is 0 Å². The van der Waals surface area contributed by atoms with Crippen molar-refractivity contribution in [3.63, 3.8) is 0 Å². The van der Waals surface area contributed by atoms with Crippen LogP contribution in [0.3, 0.4) is 0 Å². The number of methoxy groups -OCH3 is 1. The standard InChI is InChI=1S/C28H28N2O3/c1-28(2)18-21-11-14-23(33-3)16-24(21)25(30-28)17-26(31)20-9-12-22(13-10-20)29-27(32)15-19-7-5-4-6-8-19/h4-14,16H,15,17-18H2,1-3H3,(H,29,32). The second-order valence-electron chi connectivity index (χ2n) is 8.96. The summed E-state index contributed by atoms with van der Waals surface area (Å²) in [6.07, 6.45) is 1.34. The van der Waals surface area contributed by atoms with Crippen LogP contribution in [-0.4, -0.2) is 30.1 Å². The Bertz CT molecular complexity index is 1200. The molecule has 1 heterocycles. The molecule has 0 saturated carbocycles. The van der Waals surface area contributed by atoms with Gasteiger partial charge in [-0.05, 0) is 67.8 Å². The Balaban J connectivity index is 1.45. The van der Waals surface area contributed by atoms with Crippen molar-refractivity contribution in [2.24, 2.45) is 4.99 Å². The Kier molecular flexibility index (Phi) is 6.40. The highest BCUT2D eigenvalue weighted by atomic mass is 16.5. The summed E-state index contributed by atoms with van der Waals surface area (Å²) in [5, 5.41) is 2.89. The van der Waals surface area contributed by atoms with Crippen LogP contribution < -0.4 is 10.1 Å². The first kappa shape index (κ1) is 22.5. The molecule has 168 valence electrons. The average molecular weight is 441 g/mol. The Morgan fingerprint density at radius 1 is 0.970 bits per heavy atom. The van der Waals surface area contributed by atoms with Crippen molar-refractivity contribution in [1.29, 1.82) is 0 Å². The molecule has 0 aromatic heterocycles. The second kappa shape index (κ2) is 9.41. The smallest absolute Gasteiger partial charge is 0.228 e. The number of amides is 1. The molecule has 1 N–H and O–H groups in total. The van der Waals surface area contributed by atoms with Gasteiger partial charge in [0.05, 0.1) is 31.2 Å². The molecule has 1 amide bonds. The Labute approximate surface area is 194 Å². The molecule has 0 saturated heterocycles. The minimum atomic E-state index is -0.260. The Morgan fingerprint density at radius 2 is 1.70 bits per heavy atom. The van der Waals surface area contributed by atoms with Crippen LogP contribution >= 0.6 is 0 Å². The molecule has 0 fully saturated rings. The van der Waals surface area contributed by atoms with Crippen molar-refractivity contribution in [3.05, 3.63) is 95.1 Å². The highest BCUT2D eigenvalue weighted by molar-refractivity contribution is 6.17. The molecule has 0 bridgehead atoms. The number of ketones is 1. The molecule has 33 heavy (non-hydrogen) atoms. The van der Waals surface area contributed by atoms with Crippen molar-refractivity contribution in [2.45, 2.75) is 38.6 Å². The van der Waals surface area contributed by atoms with Crippen LogP contribution in [0.4, 0.5) is 5.69 Å². The van der Waals surface area contributed by atoms with Gasteiger partial charge in [-0.15, -0.1) is 0 Å². The first-order valence-electron chi connectivity index (χ1n) is 11.1. The van der Waals surface area contributed by atoms with Crippen LogP contribution in [0.2, 0.25) is 0 Å². The first-order valence-corrected chi connectivity index (χ1v) is 11.1. The summed E-state index contributed by atoms with van der Waals surface area (Å²) in [4.78, 5) is 30.2. The molecule has 0 atom stereocenters. The number of fused-ring (bicyclic) bond motifs is 1. The van der Waals surface area contributed by atoms with Gasteiger partial charge in [-0.1, -0.05) is 36.4 Å². The van der Waals surface area contributed by atoms with E-state index in [4.69, 9.17) is 9.73 Å². The Morgan fingerprint density at radius 3 is 2.39 bits per heavy atom. The minimum absolute atomic E-state index is 0.0117. The lowest BCUT2D eigenvalue weighted by molar-refractivity contribution is -0.115. The number of carbonyl (C=O) groups excluding carboxylic acids is 2. The summed E-state index contributed by atoms with van der Waals surface area (Å²) in [5.41, 5.74) is 4.89. The summed E-state index contributed by atoms with van der Waals surface area (Å²) in [7, 11) is 1.64. The molecule has 0 unspecified atom stereocenters. The van der Waals surface area contributed by atoms with E-state index in [2.05, 4.69) is 25.2 Å². The average Bonchev–Trinajstić information content (AvgIpc) is 2.79. The van der Waals surface area contributed by atoms with Crippen molar-refractivity contribution >= 4 is 23.1 Å². The number of aliphatic imine (C=N–C) groups is 1. The van der Waals surface area contributed by atoms with Crippen molar-refractivity contribution in [2.75, 3.05) is 12.4 Å². The molecule has 3 aromatic carbocycles. The number of anilines is 1. The normalized spacial score (nSPS) is 14.1. The van der Waals surface area contributed by atoms with E-state index in [1.54, 1.807) is 31.4 Å². The van der Waals surface area contributed by atoms with Gasteiger partial charge in [0.1, 0.15) is 5.75 Å². The minimum Gasteiger partial charge on any atom is -0.497 e. The van der Waals surface area contributed by atoms with Gasteiger partial charge < -0.3 is 10.1 Å². The van der Waals surface area contributed by atoms with Crippen molar-refractivity contribution in [1.82, 2.24) is 0 Å². The summed E-state index contributed by atoms with van der Waals surface area (Å²) in [5.74, 6) is 0.649. The predicted octanol–water partition coefficient (Wildman–Crippen LogP) is 5.27. The maximum atomic E-state index is 13.1. The van der Waals surface area contributed by atoms with E-state index >= 15 is 0 Å². The summed E-state index contributed by atoms with van der Waals surface area (Å²) >= 11 is 0. The van der Waals surface area contributed by atoms with E-state index < -0.39 is 0 Å². The number of benzene rings is 3. The van der Waals surface area contributed by atoms with E-state index in [0.717, 1.165) is 29.0 Å². The SMILES string of the molecule is COc1ccc2c(c1)C(CC(=O)c1ccc(NC(=O)Cc3ccccc3)cc1)=NC(C)(C)C2. The number of carbonyl (C=O) groups is 2. The summed E-state index contributed by atoms with van der Waals surface area (Å²) < 4.78 is 5.38. The zero-order valence-corrected chi connectivity index (χ0v) is 19.2. The molecule has 1 aliphatic rings. The van der Waals surface area contributed by atoms with Crippen LogP contribution in [0.15, 0.2) is 77.8 Å². The molecule has 0 spiro atoms. The number of hydrogen-bond acceptors (Lipinski definition) is 4. The van der Waals surface area contributed by atoms with Gasteiger partial charge in [0.25, 0.3) is 0 Å². The van der Waals surface area contributed by atoms with E-state index in [1.165, 1.54) is 5.56 Å². The van der Waals surface area contributed by atoms with Crippen LogP contribution in [0.1, 0.15) is 47.3 Å². The Hall–Kier alpha value is -3.73. The van der Waals surface area contributed by atoms with Gasteiger partial charge in [0.2, 0.25) is 5.91 Å². The number of rotatable bonds is 7. The molecule has 5 nitrogen and oxygen atoms in total. The molecule has 5 heteroatoms. The molecular weight excluding hydrogens is 412 g/mol. The van der Waals surface area contributed by atoms with Crippen LogP contribution in [0.5, 0.6) is 5.75 Å². The predicted molar refractivity (Wildman–Crippen MR) is 131 cm³/mol. The molecule has 3 aromatic rings. The number of nitrogens with one attached hydrogen (secondary N) is 1. The summed E-state index contributed by atoms with van der Waals surface area (Å²) in [6, 6.07) is 22.6. The maximum absolute atomic E-state index is 13.1. The zero-order chi connectivity index (χ0) is 23.4. The molecule has 0 aliphatic carbocycles. The van der Waals surface area contributed by atoms with Gasteiger partial charge in [-0.25, -0.2) is 0 Å². The third-order valence-corrected chi connectivity index (χ3v) is 5.71. The molecular formula is C28H28N2O3. The van der Waals surface area contributed by atoms with Crippen LogP contribution in [-0.2, 0) is 17.6 Å². The highest BCUT2D eigenvalue weighted by Gasteiger charge is 2.28. The van der Waals surface area contributed by atoms with Crippen molar-refractivity contribution < 1.29 is 14.3 Å². The molecule has 4 rings (SSSR count). The van der Waals surface area contributed by atoms with E-state index in [9.17, 15) is 9.59 Å². The second-order valence-corrected chi connectivity index (χ2v) is 8.96. The van der Waals surface area contributed by atoms with Crippen LogP contribution in [0.25, 0.3) is 0 Å². The lowest BCUT2D eigenvalue weighted by Crippen LogP contribution is -2.30. The van der Waals surface area contributed by atoms with Crippen LogP contribution in [0, 0.1) is 0 Å². The lowest BCUT2D eigenvalue weighted by Gasteiger charge is -2.29. The van der Waals surface area contributed by atoms with E-state index in [0.29, 0.717) is 17.7 Å². The van der Waals surface area contributed by atoms with Gasteiger partial charge in [0.15, 0.2) is 5.78 Å². The fourth-order valence-electron chi connectivity index (χ4n) is 4.15. The molecule has 1 aliphatic heterocycles. The quantitative estimate of drug-likeness (QED) is 0.509. The monoisotopic (exact) mass is 440 g/mol. The van der Waals surface area contributed by atoms with Crippen molar-refractivity contribution in [3.8, 4) is 5.75 Å². The van der Waals surface area contributed by atoms with E-state index in [-0.39, 0.29) is 23.7 Å². The zero-order valence-electron chi connectivity index (χ0n) is 19.2. The van der Waals surface area contributed by atoms with E-state index in [1.807, 2.05) is 42.5 Å². The topological polar surface area (TPSA) is 67.8 Å². The molecule has 0 radical (unpaired) electrons. The highest BCUT2D eigenvalue weighted by Crippen LogP contribution is 2.31. The van der Waals surface area contributed by atoms with Gasteiger partial charge in [0, 0.05) is 16.8 Å². The fraction of sp³-hybridized carbons (Fsp3) is 0.250. The third-order valence-electron chi connectivity index (χ3n) is 5.71. The maximum Gasteiger partial charge on any atom is 0.228 e. The van der Waals surface area contributed by atoms with Gasteiger partial charge >= 0.3 is 0 Å². The first-order chi connectivity index (χ1) is 15.8. The third kappa shape index (κ3) is 5.55. The fourth-order valence-corrected chi connectivity index (χ4v) is 4.15. The van der Waals surface area contributed by atoms with Gasteiger partial charge in [-0.3, -0.25) is 14.6 Å².